The van der Waals surface area contributed by atoms with Gasteiger partial charge in [0.1, 0.15) is 17.4 Å². The molecule has 0 saturated carbocycles. The van der Waals surface area contributed by atoms with Crippen LogP contribution in [0, 0.1) is 11.8 Å². The van der Waals surface area contributed by atoms with Gasteiger partial charge >= 0.3 is 0 Å². The molecule has 0 radical (unpaired) electrons. The van der Waals surface area contributed by atoms with Gasteiger partial charge in [0, 0.05) is 32.1 Å². The molecule has 1 fully saturated rings. The number of piperazine rings is 1. The molecule has 1 aromatic carbocycles. The van der Waals surface area contributed by atoms with Gasteiger partial charge in [-0.2, -0.15) is 0 Å². The molecule has 1 aromatic heterocycles. The lowest BCUT2D eigenvalue weighted by molar-refractivity contribution is 0.239. The van der Waals surface area contributed by atoms with Crippen LogP contribution in [0.25, 0.3) is 0 Å². The molecule has 1 atom stereocenters. The van der Waals surface area contributed by atoms with Gasteiger partial charge in [-0.1, -0.05) is 24.0 Å². The van der Waals surface area contributed by atoms with E-state index in [1.165, 1.54) is 21.9 Å². The third-order valence-electron chi connectivity index (χ3n) is 4.74. The first-order valence-electron chi connectivity index (χ1n) is 8.42. The zero-order chi connectivity index (χ0) is 16.8. The number of amidine groups is 1. The molecule has 1 saturated heterocycles. The van der Waals surface area contributed by atoms with E-state index in [4.69, 9.17) is 9.73 Å². The molecular formula is C19H18N4OS. The maximum atomic E-state index is 5.05. The van der Waals surface area contributed by atoms with Crippen LogP contribution in [0.5, 0.6) is 0 Å². The van der Waals surface area contributed by atoms with Crippen LogP contribution in [-0.4, -0.2) is 50.1 Å². The van der Waals surface area contributed by atoms with Crippen molar-refractivity contribution in [1.82, 2.24) is 10.2 Å². The van der Waals surface area contributed by atoms with Gasteiger partial charge in [-0.05, 0) is 12.1 Å². The summed E-state index contributed by atoms with van der Waals surface area (Å²) in [6.45, 7) is 3.16. The van der Waals surface area contributed by atoms with Crippen molar-refractivity contribution in [2.75, 3.05) is 38.3 Å². The summed E-state index contributed by atoms with van der Waals surface area (Å²) in [4.78, 5) is 9.74. The molecular weight excluding hydrogens is 332 g/mol. The number of nitrogens with zero attached hydrogens (tertiary/aromatic N) is 3. The molecule has 1 N–H and O–H groups in total. The van der Waals surface area contributed by atoms with Gasteiger partial charge in [0.25, 0.3) is 0 Å². The monoisotopic (exact) mass is 350 g/mol. The molecule has 0 amide bonds. The minimum atomic E-state index is 0.145. The number of benzene rings is 1. The molecule has 0 aliphatic carbocycles. The second-order valence-electron chi connectivity index (χ2n) is 6.27. The van der Waals surface area contributed by atoms with E-state index < -0.39 is 0 Å². The van der Waals surface area contributed by atoms with Gasteiger partial charge in [0.2, 0.25) is 0 Å². The van der Waals surface area contributed by atoms with Crippen LogP contribution in [-0.2, 0) is 4.74 Å². The summed E-state index contributed by atoms with van der Waals surface area (Å²) in [6, 6.07) is 8.52. The fourth-order valence-electron chi connectivity index (χ4n) is 3.60. The molecule has 0 unspecified atom stereocenters. The number of rotatable bonds is 1. The van der Waals surface area contributed by atoms with E-state index in [-0.39, 0.29) is 6.04 Å². The highest BCUT2D eigenvalue weighted by molar-refractivity contribution is 7.16. The summed E-state index contributed by atoms with van der Waals surface area (Å²) < 4.78 is 5.03. The summed E-state index contributed by atoms with van der Waals surface area (Å²) in [6.07, 6.45) is 0. The molecule has 5 aliphatic heterocycles. The van der Waals surface area contributed by atoms with Crippen molar-refractivity contribution in [1.29, 1.82) is 0 Å². The Kier molecular flexibility index (Phi) is 3.52. The smallest absolute Gasteiger partial charge is 0.141 e. The Balaban J connectivity index is 1.50. The normalized spacial score (nSPS) is 20.0. The topological polar surface area (TPSA) is 40.1 Å². The average molecular weight is 350 g/mol. The van der Waals surface area contributed by atoms with Gasteiger partial charge in [-0.25, -0.2) is 4.99 Å². The van der Waals surface area contributed by atoms with Crippen molar-refractivity contribution in [2.24, 2.45) is 4.99 Å². The Morgan fingerprint density at radius 3 is 3.12 bits per heavy atom. The number of hydrogen-bond acceptors (Lipinski definition) is 6. The van der Waals surface area contributed by atoms with E-state index in [0.29, 0.717) is 6.61 Å². The number of ether oxygens (including phenoxy) is 1. The van der Waals surface area contributed by atoms with Crippen molar-refractivity contribution in [3.05, 3.63) is 35.2 Å². The van der Waals surface area contributed by atoms with Gasteiger partial charge < -0.3 is 15.0 Å². The number of fused-ring (bicyclic) bond motifs is 1. The zero-order valence-corrected chi connectivity index (χ0v) is 14.8. The summed E-state index contributed by atoms with van der Waals surface area (Å²) >= 11 is 1.80. The van der Waals surface area contributed by atoms with Gasteiger partial charge in [-0.3, -0.25) is 4.90 Å². The maximum Gasteiger partial charge on any atom is 0.141 e. The van der Waals surface area contributed by atoms with Crippen LogP contribution in [0.15, 0.2) is 34.6 Å². The van der Waals surface area contributed by atoms with Crippen molar-refractivity contribution in [3.63, 3.8) is 0 Å². The number of hydrogen-bond donors (Lipinski definition) is 1. The second kappa shape index (κ2) is 5.88. The van der Waals surface area contributed by atoms with E-state index >= 15 is 0 Å². The summed E-state index contributed by atoms with van der Waals surface area (Å²) in [5.41, 5.74) is 4.80. The third kappa shape index (κ3) is 2.28. The first-order valence-corrected chi connectivity index (χ1v) is 9.30. The van der Waals surface area contributed by atoms with Crippen LogP contribution in [0.4, 0.5) is 22.1 Å². The van der Waals surface area contributed by atoms with E-state index in [9.17, 15) is 0 Å². The second-order valence-corrected chi connectivity index (χ2v) is 7.13. The van der Waals surface area contributed by atoms with Crippen molar-refractivity contribution >= 4 is 39.2 Å². The fraction of sp³-hybridized carbons (Fsp3) is 0.316. The quantitative estimate of drug-likeness (QED) is 0.685. The highest BCUT2D eigenvalue weighted by atomic mass is 32.1. The highest BCUT2D eigenvalue weighted by Gasteiger charge is 2.41. The Morgan fingerprint density at radius 2 is 2.28 bits per heavy atom. The SMILES string of the molecule is COCC#C[C@H]1CN(C2=Nc3ccccc3N3c4csc3c42)CCN1. The highest BCUT2D eigenvalue weighted by Crippen LogP contribution is 2.59. The molecule has 7 rings (SSSR count). The number of methoxy groups -OCH3 is 1. The lowest BCUT2D eigenvalue weighted by Gasteiger charge is -2.37. The lowest BCUT2D eigenvalue weighted by Crippen LogP contribution is -2.52. The van der Waals surface area contributed by atoms with E-state index in [1.54, 1.807) is 18.4 Å². The summed E-state index contributed by atoms with van der Waals surface area (Å²) in [7, 11) is 1.67. The minimum absolute atomic E-state index is 0.145. The van der Waals surface area contributed by atoms with Gasteiger partial charge in [0.15, 0.2) is 0 Å². The number of thiophene rings is 1. The van der Waals surface area contributed by atoms with Crippen LogP contribution < -0.4 is 10.2 Å². The predicted molar refractivity (Wildman–Crippen MR) is 102 cm³/mol. The van der Waals surface area contributed by atoms with Gasteiger partial charge in [0.05, 0.1) is 28.7 Å². The number of aliphatic imine (C=N–C) groups is 1. The van der Waals surface area contributed by atoms with Crippen molar-refractivity contribution in [2.45, 2.75) is 6.04 Å². The van der Waals surface area contributed by atoms with Gasteiger partial charge in [-0.15, -0.1) is 11.3 Å². The first kappa shape index (κ1) is 15.0. The van der Waals surface area contributed by atoms with Crippen LogP contribution in [0.3, 0.4) is 0 Å². The largest absolute Gasteiger partial charge is 0.372 e. The lowest BCUT2D eigenvalue weighted by atomic mass is 10.1. The Labute approximate surface area is 150 Å². The molecule has 6 heterocycles. The Bertz CT molecular complexity index is 901. The van der Waals surface area contributed by atoms with Crippen LogP contribution in [0.2, 0.25) is 0 Å². The summed E-state index contributed by atoms with van der Waals surface area (Å²) in [5.74, 6) is 7.42. The molecule has 4 bridgehead atoms. The number of nitrogens with one attached hydrogen (secondary N) is 1. The van der Waals surface area contributed by atoms with Crippen LogP contribution >= 0.6 is 11.3 Å². The number of anilines is 3. The summed E-state index contributed by atoms with van der Waals surface area (Å²) in [5, 5.41) is 7.02. The minimum Gasteiger partial charge on any atom is -0.372 e. The molecule has 5 nitrogen and oxygen atoms in total. The molecule has 6 heteroatoms. The standard InChI is InChI=1S/C19H18N4OS/c1-24-10-4-5-13-11-22(9-8-20-13)18-17-16-12-25-19(17)23(16)15-7-3-2-6-14(15)21-18/h2-3,6-7,12-13,20H,8-11H2,1H3/t13-/m0/s1. The third-order valence-corrected chi connectivity index (χ3v) is 5.69. The molecule has 25 heavy (non-hydrogen) atoms. The number of para-hydroxylation sites is 2. The molecule has 2 aromatic rings. The Morgan fingerprint density at radius 1 is 1.36 bits per heavy atom. The van der Waals surface area contributed by atoms with Crippen molar-refractivity contribution in [3.8, 4) is 11.8 Å². The zero-order valence-electron chi connectivity index (χ0n) is 14.0. The predicted octanol–water partition coefficient (Wildman–Crippen LogP) is 2.85. The maximum absolute atomic E-state index is 5.05. The molecule has 0 spiro atoms. The molecule has 5 aliphatic rings. The molecule has 126 valence electrons. The average Bonchev–Trinajstić information content (AvgIpc) is 3.19. The Hall–Kier alpha value is -2.33. The van der Waals surface area contributed by atoms with E-state index in [1.807, 2.05) is 0 Å². The first-order chi connectivity index (χ1) is 12.4. The van der Waals surface area contributed by atoms with Crippen molar-refractivity contribution < 1.29 is 4.74 Å². The van der Waals surface area contributed by atoms with E-state index in [2.05, 4.69) is 56.6 Å². The van der Waals surface area contributed by atoms with E-state index in [0.717, 1.165) is 31.2 Å². The van der Waals surface area contributed by atoms with Crippen LogP contribution in [0.1, 0.15) is 5.56 Å². The fourth-order valence-corrected chi connectivity index (χ4v) is 4.66.